The lowest BCUT2D eigenvalue weighted by atomic mass is 10.3. The summed E-state index contributed by atoms with van der Waals surface area (Å²) >= 11 is 1.73. The third kappa shape index (κ3) is 4.46. The van der Waals surface area contributed by atoms with Crippen molar-refractivity contribution in [3.05, 3.63) is 36.4 Å². The van der Waals surface area contributed by atoms with Gasteiger partial charge in [0.15, 0.2) is 10.9 Å². The summed E-state index contributed by atoms with van der Waals surface area (Å²) in [5.41, 5.74) is 1.05. The lowest BCUT2D eigenvalue weighted by Gasteiger charge is -2.34. The van der Waals surface area contributed by atoms with Gasteiger partial charge >= 0.3 is 6.09 Å². The zero-order chi connectivity index (χ0) is 20.3. The highest BCUT2D eigenvalue weighted by atomic mass is 32.1. The van der Waals surface area contributed by atoms with Crippen LogP contribution in [0.15, 0.2) is 36.4 Å². The summed E-state index contributed by atoms with van der Waals surface area (Å²) in [6.07, 6.45) is 3.10. The van der Waals surface area contributed by atoms with Crippen LogP contribution in [-0.2, 0) is 0 Å². The predicted octanol–water partition coefficient (Wildman–Crippen LogP) is 3.30. The highest BCUT2D eigenvalue weighted by molar-refractivity contribution is 7.22. The van der Waals surface area contributed by atoms with Gasteiger partial charge in [-0.25, -0.2) is 9.78 Å². The number of ether oxygens (including phenoxy) is 1. The van der Waals surface area contributed by atoms with E-state index in [1.54, 1.807) is 17.4 Å². The van der Waals surface area contributed by atoms with Crippen molar-refractivity contribution in [2.75, 3.05) is 42.5 Å². The van der Waals surface area contributed by atoms with E-state index in [2.05, 4.69) is 37.4 Å². The first kappa shape index (κ1) is 19.0. The molecule has 0 spiro atoms. The van der Waals surface area contributed by atoms with Crippen LogP contribution in [0.1, 0.15) is 19.3 Å². The number of rotatable bonds is 6. The Hall–Kier alpha value is -2.94. The maximum Gasteiger partial charge on any atom is 0.413 e. The number of nitrogens with zero attached hydrogens (tertiary/aromatic N) is 5. The Morgan fingerprint density at radius 3 is 2.60 bits per heavy atom. The fraction of sp³-hybridized carbons (Fsp3) is 0.429. The van der Waals surface area contributed by atoms with E-state index in [-0.39, 0.29) is 5.88 Å². The molecule has 2 aliphatic rings. The van der Waals surface area contributed by atoms with Gasteiger partial charge < -0.3 is 19.9 Å². The average molecular weight is 425 g/mol. The summed E-state index contributed by atoms with van der Waals surface area (Å²) in [5, 5.41) is 12.1. The van der Waals surface area contributed by atoms with Crippen LogP contribution >= 0.6 is 11.3 Å². The second-order valence-corrected chi connectivity index (χ2v) is 8.73. The number of anilines is 2. The van der Waals surface area contributed by atoms with Gasteiger partial charge in [0.05, 0.1) is 10.2 Å². The molecule has 30 heavy (non-hydrogen) atoms. The molecule has 3 heterocycles. The Morgan fingerprint density at radius 1 is 1.07 bits per heavy atom. The molecular weight excluding hydrogens is 400 g/mol. The summed E-state index contributed by atoms with van der Waals surface area (Å²) in [7, 11) is 0. The fourth-order valence-electron chi connectivity index (χ4n) is 3.57. The van der Waals surface area contributed by atoms with Crippen molar-refractivity contribution in [1.82, 2.24) is 20.5 Å². The molecule has 0 atom stereocenters. The fourth-order valence-corrected chi connectivity index (χ4v) is 4.59. The van der Waals surface area contributed by atoms with Crippen LogP contribution in [0.4, 0.5) is 15.7 Å². The summed E-state index contributed by atoms with van der Waals surface area (Å²) in [4.78, 5) is 21.1. The number of nitrogens with one attached hydrogen (secondary N) is 1. The number of hydrogen-bond acceptors (Lipinski definition) is 8. The molecule has 0 radical (unpaired) electrons. The highest BCUT2D eigenvalue weighted by Gasteiger charge is 2.22. The van der Waals surface area contributed by atoms with Gasteiger partial charge in [-0.1, -0.05) is 36.3 Å². The van der Waals surface area contributed by atoms with E-state index in [1.165, 1.54) is 17.5 Å². The molecule has 0 unspecified atom stereocenters. The Morgan fingerprint density at radius 2 is 1.87 bits per heavy atom. The number of piperazine rings is 1. The quantitative estimate of drug-likeness (QED) is 0.650. The third-order valence-electron chi connectivity index (χ3n) is 5.50. The second kappa shape index (κ2) is 8.43. The van der Waals surface area contributed by atoms with Crippen LogP contribution < -0.4 is 19.9 Å². The maximum atomic E-state index is 11.8. The Kier molecular flexibility index (Phi) is 5.35. The highest BCUT2D eigenvalue weighted by Crippen LogP contribution is 2.31. The van der Waals surface area contributed by atoms with E-state index in [4.69, 9.17) is 9.72 Å². The van der Waals surface area contributed by atoms with Crippen molar-refractivity contribution < 1.29 is 9.53 Å². The van der Waals surface area contributed by atoms with Crippen molar-refractivity contribution >= 4 is 38.6 Å². The summed E-state index contributed by atoms with van der Waals surface area (Å²) in [6, 6.07) is 11.8. The zero-order valence-electron chi connectivity index (χ0n) is 16.7. The summed E-state index contributed by atoms with van der Waals surface area (Å²) < 4.78 is 6.42. The molecule has 1 aliphatic heterocycles. The van der Waals surface area contributed by atoms with Crippen molar-refractivity contribution in [1.29, 1.82) is 0 Å². The maximum absolute atomic E-state index is 11.8. The smallest absolute Gasteiger partial charge is 0.390 e. The van der Waals surface area contributed by atoms with Crippen LogP contribution in [0.25, 0.3) is 10.2 Å². The first-order valence-electron chi connectivity index (χ1n) is 10.4. The largest absolute Gasteiger partial charge is 0.413 e. The minimum absolute atomic E-state index is 0.218. The monoisotopic (exact) mass is 424 g/mol. The minimum atomic E-state index is -0.470. The molecule has 1 aliphatic carbocycles. The molecule has 2 fully saturated rings. The normalized spacial score (nSPS) is 16.7. The molecule has 1 saturated heterocycles. The number of carbonyl (C=O) groups excluding carboxylic acids is 1. The van der Waals surface area contributed by atoms with Crippen LogP contribution in [0.2, 0.25) is 0 Å². The third-order valence-corrected chi connectivity index (χ3v) is 6.60. The molecule has 5 rings (SSSR count). The van der Waals surface area contributed by atoms with Gasteiger partial charge in [0.1, 0.15) is 0 Å². The number of carbonyl (C=O) groups is 1. The summed E-state index contributed by atoms with van der Waals surface area (Å²) in [6.45, 7) is 4.08. The zero-order valence-corrected chi connectivity index (χ0v) is 17.5. The Bertz CT molecular complexity index is 979. The molecule has 1 amide bonds. The number of hydrogen-bond donors (Lipinski definition) is 1. The Balaban J connectivity index is 1.12. The van der Waals surface area contributed by atoms with E-state index in [1.807, 2.05) is 18.2 Å². The molecule has 156 valence electrons. The molecular formula is C21H24N6O2S. The first-order valence-corrected chi connectivity index (χ1v) is 11.2. The van der Waals surface area contributed by atoms with Gasteiger partial charge in [0, 0.05) is 38.8 Å². The topological polar surface area (TPSA) is 83.5 Å². The van der Waals surface area contributed by atoms with Crippen LogP contribution in [0.3, 0.4) is 0 Å². The number of para-hydroxylation sites is 1. The number of thiazole rings is 1. The van der Waals surface area contributed by atoms with Gasteiger partial charge in [-0.3, -0.25) is 0 Å². The predicted molar refractivity (Wildman–Crippen MR) is 117 cm³/mol. The SMILES string of the molecule is O=C(NCCC1CC1)Oc1ccc(N2CCN(c3nc4ccccc4s3)CC2)nn1. The number of fused-ring (bicyclic) bond motifs is 1. The molecule has 9 heteroatoms. The van der Waals surface area contributed by atoms with Gasteiger partial charge in [0.25, 0.3) is 0 Å². The molecule has 2 aromatic heterocycles. The lowest BCUT2D eigenvalue weighted by molar-refractivity contribution is 0.198. The molecule has 1 N–H and O–H groups in total. The number of amides is 1. The molecule has 3 aromatic rings. The van der Waals surface area contributed by atoms with E-state index in [0.717, 1.165) is 55.0 Å². The van der Waals surface area contributed by atoms with Crippen molar-refractivity contribution in [2.45, 2.75) is 19.3 Å². The van der Waals surface area contributed by atoms with E-state index >= 15 is 0 Å². The van der Waals surface area contributed by atoms with Crippen LogP contribution in [0.5, 0.6) is 5.88 Å². The molecule has 0 bridgehead atoms. The standard InChI is InChI=1S/C21H24N6O2S/c28-21(22-10-9-15-5-6-15)29-19-8-7-18(24-25-19)26-11-13-27(14-12-26)20-23-16-3-1-2-4-17(16)30-20/h1-4,7-8,15H,5-6,9-14H2,(H,22,28). The van der Waals surface area contributed by atoms with Crippen LogP contribution in [-0.4, -0.2) is 54.0 Å². The number of benzene rings is 1. The van der Waals surface area contributed by atoms with Crippen molar-refractivity contribution in [2.24, 2.45) is 5.92 Å². The van der Waals surface area contributed by atoms with E-state index < -0.39 is 6.09 Å². The summed E-state index contributed by atoms with van der Waals surface area (Å²) in [5.74, 6) is 1.79. The molecule has 1 aromatic carbocycles. The number of aromatic nitrogens is 3. The van der Waals surface area contributed by atoms with E-state index in [9.17, 15) is 4.79 Å². The molecule has 1 saturated carbocycles. The first-order chi connectivity index (χ1) is 14.7. The van der Waals surface area contributed by atoms with Gasteiger partial charge in [-0.15, -0.1) is 10.2 Å². The Labute approximate surface area is 178 Å². The molecule has 8 nitrogen and oxygen atoms in total. The lowest BCUT2D eigenvalue weighted by Crippen LogP contribution is -2.46. The van der Waals surface area contributed by atoms with Gasteiger partial charge in [-0.2, -0.15) is 0 Å². The van der Waals surface area contributed by atoms with Crippen molar-refractivity contribution in [3.8, 4) is 5.88 Å². The second-order valence-electron chi connectivity index (χ2n) is 7.72. The minimum Gasteiger partial charge on any atom is -0.390 e. The van der Waals surface area contributed by atoms with Crippen molar-refractivity contribution in [3.63, 3.8) is 0 Å². The van der Waals surface area contributed by atoms with Gasteiger partial charge in [0.2, 0.25) is 5.88 Å². The average Bonchev–Trinajstić information content (AvgIpc) is 3.50. The van der Waals surface area contributed by atoms with Crippen LogP contribution in [0, 0.1) is 5.92 Å². The van der Waals surface area contributed by atoms with E-state index in [0.29, 0.717) is 6.54 Å². The van der Waals surface area contributed by atoms with Gasteiger partial charge in [-0.05, 0) is 30.5 Å².